The summed E-state index contributed by atoms with van der Waals surface area (Å²) in [5.41, 5.74) is 0.286. The van der Waals surface area contributed by atoms with Crippen LogP contribution >= 0.6 is 0 Å². The van der Waals surface area contributed by atoms with E-state index in [1.807, 2.05) is 0 Å². The van der Waals surface area contributed by atoms with Crippen LogP contribution in [0, 0.1) is 17.6 Å². The topological polar surface area (TPSA) is 46.2 Å². The highest BCUT2D eigenvalue weighted by Crippen LogP contribution is 2.26. The number of piperidine rings is 1. The SMILES string of the molecule is CS(=O)(=O)c1c(F)ccc(CC2CCNCC2)c1F. The van der Waals surface area contributed by atoms with Crippen LogP contribution in [0.4, 0.5) is 8.78 Å². The maximum absolute atomic E-state index is 14.1. The summed E-state index contributed by atoms with van der Waals surface area (Å²) in [5, 5.41) is 3.21. The summed E-state index contributed by atoms with van der Waals surface area (Å²) in [6.07, 6.45) is 3.12. The molecule has 3 nitrogen and oxygen atoms in total. The molecule has 0 radical (unpaired) electrons. The summed E-state index contributed by atoms with van der Waals surface area (Å²) in [4.78, 5) is -0.807. The van der Waals surface area contributed by atoms with Crippen molar-refractivity contribution in [2.75, 3.05) is 19.3 Å². The van der Waals surface area contributed by atoms with E-state index < -0.39 is 26.4 Å². The molecule has 0 unspecified atom stereocenters. The second kappa shape index (κ2) is 5.54. The van der Waals surface area contributed by atoms with E-state index in [0.717, 1.165) is 38.3 Å². The Labute approximate surface area is 111 Å². The van der Waals surface area contributed by atoms with E-state index in [4.69, 9.17) is 0 Å². The Hall–Kier alpha value is -1.01. The lowest BCUT2D eigenvalue weighted by Gasteiger charge is -2.23. The monoisotopic (exact) mass is 289 g/mol. The summed E-state index contributed by atoms with van der Waals surface area (Å²) in [6.45, 7) is 1.76. The van der Waals surface area contributed by atoms with Gasteiger partial charge in [0.25, 0.3) is 0 Å². The Morgan fingerprint density at radius 1 is 1.26 bits per heavy atom. The van der Waals surface area contributed by atoms with Crippen LogP contribution in [0.15, 0.2) is 17.0 Å². The molecule has 0 spiro atoms. The van der Waals surface area contributed by atoms with Crippen LogP contribution in [0.2, 0.25) is 0 Å². The zero-order valence-electron chi connectivity index (χ0n) is 10.7. The predicted octanol–water partition coefficient (Wildman–Crippen LogP) is 1.91. The van der Waals surface area contributed by atoms with Gasteiger partial charge in [0.2, 0.25) is 0 Å². The highest BCUT2D eigenvalue weighted by Gasteiger charge is 2.24. The maximum Gasteiger partial charge on any atom is 0.181 e. The second-order valence-electron chi connectivity index (χ2n) is 5.02. The minimum Gasteiger partial charge on any atom is -0.317 e. The van der Waals surface area contributed by atoms with Crippen molar-refractivity contribution in [3.05, 3.63) is 29.3 Å². The molecule has 6 heteroatoms. The first-order valence-corrected chi connectivity index (χ1v) is 8.16. The summed E-state index contributed by atoms with van der Waals surface area (Å²) in [7, 11) is -3.89. The van der Waals surface area contributed by atoms with E-state index in [-0.39, 0.29) is 5.56 Å². The van der Waals surface area contributed by atoms with Crippen LogP contribution in [0.25, 0.3) is 0 Å². The van der Waals surface area contributed by atoms with E-state index in [9.17, 15) is 17.2 Å². The van der Waals surface area contributed by atoms with Crippen LogP contribution in [0.5, 0.6) is 0 Å². The fourth-order valence-corrected chi connectivity index (χ4v) is 3.35. The predicted molar refractivity (Wildman–Crippen MR) is 68.8 cm³/mol. The molecule has 106 valence electrons. The molecule has 1 aliphatic heterocycles. The molecule has 1 fully saturated rings. The standard InChI is InChI=1S/C13H17F2NO2S/c1-19(17,18)13-11(14)3-2-10(12(13)15)8-9-4-6-16-7-5-9/h2-3,9,16H,4-8H2,1H3. The first-order chi connectivity index (χ1) is 8.89. The molecular formula is C13H17F2NO2S. The molecule has 1 N–H and O–H groups in total. The average molecular weight is 289 g/mol. The van der Waals surface area contributed by atoms with E-state index in [1.54, 1.807) is 0 Å². The van der Waals surface area contributed by atoms with E-state index in [1.165, 1.54) is 6.07 Å². The van der Waals surface area contributed by atoms with Crippen LogP contribution in [0.3, 0.4) is 0 Å². The van der Waals surface area contributed by atoms with Gasteiger partial charge in [0.1, 0.15) is 16.5 Å². The van der Waals surface area contributed by atoms with Gasteiger partial charge in [0, 0.05) is 6.26 Å². The molecule has 19 heavy (non-hydrogen) atoms. The van der Waals surface area contributed by atoms with Crippen molar-refractivity contribution in [1.82, 2.24) is 5.32 Å². The summed E-state index contributed by atoms with van der Waals surface area (Å²) in [5.74, 6) is -1.64. The van der Waals surface area contributed by atoms with Gasteiger partial charge in [-0.05, 0) is 49.9 Å². The van der Waals surface area contributed by atoms with Crippen molar-refractivity contribution in [3.8, 4) is 0 Å². The highest BCUT2D eigenvalue weighted by atomic mass is 32.2. The molecular weight excluding hydrogens is 272 g/mol. The largest absolute Gasteiger partial charge is 0.317 e. The minimum atomic E-state index is -3.89. The summed E-state index contributed by atoms with van der Waals surface area (Å²) in [6, 6.07) is 2.39. The van der Waals surface area contributed by atoms with Crippen molar-refractivity contribution in [1.29, 1.82) is 0 Å². The molecule has 2 rings (SSSR count). The Balaban J connectivity index is 2.32. The normalized spacial score (nSPS) is 17.6. The van der Waals surface area contributed by atoms with Gasteiger partial charge in [-0.1, -0.05) is 6.07 Å². The van der Waals surface area contributed by atoms with E-state index in [0.29, 0.717) is 12.3 Å². The molecule has 0 amide bonds. The third-order valence-electron chi connectivity index (χ3n) is 3.47. The minimum absolute atomic E-state index is 0.286. The van der Waals surface area contributed by atoms with Gasteiger partial charge >= 0.3 is 0 Å². The van der Waals surface area contributed by atoms with Gasteiger partial charge in [-0.3, -0.25) is 0 Å². The number of benzene rings is 1. The smallest absolute Gasteiger partial charge is 0.181 e. The summed E-state index contributed by atoms with van der Waals surface area (Å²) >= 11 is 0. The zero-order chi connectivity index (χ0) is 14.0. The van der Waals surface area contributed by atoms with E-state index >= 15 is 0 Å². The van der Waals surface area contributed by atoms with Gasteiger partial charge in [0.15, 0.2) is 9.84 Å². The quantitative estimate of drug-likeness (QED) is 0.924. The van der Waals surface area contributed by atoms with Crippen LogP contribution in [-0.4, -0.2) is 27.8 Å². The molecule has 0 bridgehead atoms. The first-order valence-electron chi connectivity index (χ1n) is 6.27. The number of halogens is 2. The average Bonchev–Trinajstić information content (AvgIpc) is 2.32. The number of nitrogens with one attached hydrogen (secondary N) is 1. The number of rotatable bonds is 3. The number of sulfone groups is 1. The van der Waals surface area contributed by atoms with E-state index in [2.05, 4.69) is 5.32 Å². The molecule has 1 heterocycles. The van der Waals surface area contributed by atoms with Gasteiger partial charge in [-0.2, -0.15) is 0 Å². The lowest BCUT2D eigenvalue weighted by molar-refractivity contribution is 0.366. The maximum atomic E-state index is 14.1. The molecule has 0 saturated carbocycles. The van der Waals surface area contributed by atoms with Crippen molar-refractivity contribution < 1.29 is 17.2 Å². The van der Waals surface area contributed by atoms with Crippen molar-refractivity contribution in [2.24, 2.45) is 5.92 Å². The van der Waals surface area contributed by atoms with Crippen molar-refractivity contribution in [3.63, 3.8) is 0 Å². The summed E-state index contributed by atoms with van der Waals surface area (Å²) < 4.78 is 50.5. The van der Waals surface area contributed by atoms with Gasteiger partial charge < -0.3 is 5.32 Å². The third-order valence-corrected chi connectivity index (χ3v) is 4.58. The van der Waals surface area contributed by atoms with Gasteiger partial charge in [-0.15, -0.1) is 0 Å². The third kappa shape index (κ3) is 3.30. The van der Waals surface area contributed by atoms with Crippen LogP contribution < -0.4 is 5.32 Å². The Morgan fingerprint density at radius 2 is 1.89 bits per heavy atom. The Bertz CT molecular complexity index is 566. The lowest BCUT2D eigenvalue weighted by atomic mass is 9.91. The molecule has 0 aliphatic carbocycles. The first kappa shape index (κ1) is 14.4. The van der Waals surface area contributed by atoms with Crippen LogP contribution in [0.1, 0.15) is 18.4 Å². The highest BCUT2D eigenvalue weighted by molar-refractivity contribution is 7.90. The van der Waals surface area contributed by atoms with Gasteiger partial charge in [-0.25, -0.2) is 17.2 Å². The molecule has 0 atom stereocenters. The van der Waals surface area contributed by atoms with Crippen molar-refractivity contribution >= 4 is 9.84 Å². The molecule has 1 aromatic carbocycles. The fourth-order valence-electron chi connectivity index (χ4n) is 2.47. The molecule has 1 aromatic rings. The zero-order valence-corrected chi connectivity index (χ0v) is 11.6. The second-order valence-corrected chi connectivity index (χ2v) is 6.97. The molecule has 1 saturated heterocycles. The van der Waals surface area contributed by atoms with Crippen LogP contribution in [-0.2, 0) is 16.3 Å². The Kier molecular flexibility index (Phi) is 4.20. The van der Waals surface area contributed by atoms with Gasteiger partial charge in [0.05, 0.1) is 0 Å². The number of hydrogen-bond acceptors (Lipinski definition) is 3. The fraction of sp³-hybridized carbons (Fsp3) is 0.538. The Morgan fingerprint density at radius 3 is 2.47 bits per heavy atom. The lowest BCUT2D eigenvalue weighted by Crippen LogP contribution is -2.29. The van der Waals surface area contributed by atoms with Crippen molar-refractivity contribution in [2.45, 2.75) is 24.2 Å². The molecule has 1 aliphatic rings. The number of hydrogen-bond donors (Lipinski definition) is 1. The molecule has 0 aromatic heterocycles.